The van der Waals surface area contributed by atoms with Crippen LogP contribution in [0.4, 0.5) is 0 Å². The Morgan fingerprint density at radius 3 is 2.83 bits per heavy atom. The fourth-order valence-electron chi connectivity index (χ4n) is 0.893. The van der Waals surface area contributed by atoms with E-state index in [4.69, 9.17) is 10.6 Å². The van der Waals surface area contributed by atoms with E-state index < -0.39 is 16.4 Å². The number of hydrogen-bond acceptors (Lipinski definition) is 3. The largest absolute Gasteiger partial charge is 0.502 e. The van der Waals surface area contributed by atoms with E-state index in [9.17, 15) is 10.1 Å². The average molecular weight is 167 g/mol. The predicted octanol–water partition coefficient (Wildman–Crippen LogP) is 0.663. The molecular formula is C6H5N3O3. The van der Waals surface area contributed by atoms with Crippen LogP contribution in [0.15, 0.2) is 23.6 Å². The topological polar surface area (TPSA) is 99.8 Å². The van der Waals surface area contributed by atoms with Crippen LogP contribution >= 0.6 is 0 Å². The molecule has 6 nitrogen and oxygen atoms in total. The number of rotatable bonds is 1. The molecule has 0 aromatic heterocycles. The lowest BCUT2D eigenvalue weighted by molar-refractivity contribution is -0.420. The average Bonchev–Trinajstić information content (AvgIpc) is 2.03. The first kappa shape index (κ1) is 8.16. The zero-order valence-electron chi connectivity index (χ0n) is 5.97. The third-order valence-corrected chi connectivity index (χ3v) is 1.41. The molecule has 0 saturated carbocycles. The first-order valence-electron chi connectivity index (χ1n) is 3.12. The highest BCUT2D eigenvalue weighted by Crippen LogP contribution is 2.13. The van der Waals surface area contributed by atoms with Crippen molar-refractivity contribution in [3.8, 4) is 0 Å². The van der Waals surface area contributed by atoms with Crippen LogP contribution in [0, 0.1) is 10.1 Å². The van der Waals surface area contributed by atoms with Crippen LogP contribution in [0.25, 0.3) is 5.53 Å². The van der Waals surface area contributed by atoms with E-state index in [1.165, 1.54) is 12.2 Å². The van der Waals surface area contributed by atoms with E-state index in [0.717, 1.165) is 0 Å². The molecule has 0 amide bonds. The quantitative estimate of drug-likeness (QED) is 0.268. The fourth-order valence-corrected chi connectivity index (χ4v) is 0.893. The molecule has 62 valence electrons. The van der Waals surface area contributed by atoms with Crippen LogP contribution in [0.1, 0.15) is 6.42 Å². The summed E-state index contributed by atoms with van der Waals surface area (Å²) in [5.41, 5.74) is 7.65. The standard InChI is InChI=1S/C6H5N3O3/c7-8-4-2-1-3-5(10)6(4)9(11)12/h1,3,10H,2H2. The Morgan fingerprint density at radius 1 is 1.75 bits per heavy atom. The molecule has 0 atom stereocenters. The highest BCUT2D eigenvalue weighted by atomic mass is 16.6. The van der Waals surface area contributed by atoms with Gasteiger partial charge in [0.1, 0.15) is 0 Å². The second-order valence-electron chi connectivity index (χ2n) is 2.14. The van der Waals surface area contributed by atoms with Crippen molar-refractivity contribution >= 4 is 5.71 Å². The number of nitro groups is 1. The van der Waals surface area contributed by atoms with Gasteiger partial charge in [0, 0.05) is 0 Å². The lowest BCUT2D eigenvalue weighted by Crippen LogP contribution is -2.16. The highest BCUT2D eigenvalue weighted by Gasteiger charge is 2.33. The second-order valence-corrected chi connectivity index (χ2v) is 2.14. The smallest absolute Gasteiger partial charge is 0.394 e. The fraction of sp³-hybridized carbons (Fsp3) is 0.167. The Morgan fingerprint density at radius 2 is 2.42 bits per heavy atom. The van der Waals surface area contributed by atoms with Crippen molar-refractivity contribution in [3.63, 3.8) is 0 Å². The van der Waals surface area contributed by atoms with Crippen molar-refractivity contribution in [2.45, 2.75) is 6.42 Å². The van der Waals surface area contributed by atoms with Crippen LogP contribution < -0.4 is 0 Å². The maximum Gasteiger partial charge on any atom is 0.394 e. The molecule has 0 heterocycles. The Balaban J connectivity index is 3.25. The maximum atomic E-state index is 10.3. The van der Waals surface area contributed by atoms with E-state index in [1.54, 1.807) is 0 Å². The van der Waals surface area contributed by atoms with Crippen LogP contribution in [0.3, 0.4) is 0 Å². The molecule has 0 bridgehead atoms. The van der Waals surface area contributed by atoms with Gasteiger partial charge in [0.25, 0.3) is 0 Å². The minimum absolute atomic E-state index is 0.139. The van der Waals surface area contributed by atoms with Crippen molar-refractivity contribution < 1.29 is 14.8 Å². The van der Waals surface area contributed by atoms with E-state index in [0.29, 0.717) is 0 Å². The molecule has 1 rings (SSSR count). The van der Waals surface area contributed by atoms with Crippen molar-refractivity contribution in [1.82, 2.24) is 0 Å². The molecule has 6 heteroatoms. The number of nitrogens with zero attached hydrogens (tertiary/aromatic N) is 3. The first-order chi connectivity index (χ1) is 5.66. The SMILES string of the molecule is [N-]=[N+]=C1CC=CC(O)=C1[N+](=O)[O-]. The molecule has 0 fully saturated rings. The van der Waals surface area contributed by atoms with Gasteiger partial charge in [-0.1, -0.05) is 6.08 Å². The molecule has 0 saturated heterocycles. The van der Waals surface area contributed by atoms with Gasteiger partial charge >= 0.3 is 11.4 Å². The summed E-state index contributed by atoms with van der Waals surface area (Å²) in [5, 5.41) is 19.3. The van der Waals surface area contributed by atoms with Gasteiger partial charge in [0.2, 0.25) is 5.76 Å². The monoisotopic (exact) mass is 167 g/mol. The van der Waals surface area contributed by atoms with Crippen molar-refractivity contribution in [2.24, 2.45) is 0 Å². The van der Waals surface area contributed by atoms with E-state index in [1.807, 2.05) is 0 Å². The summed E-state index contributed by atoms with van der Waals surface area (Å²) < 4.78 is 0. The molecule has 0 aromatic carbocycles. The third kappa shape index (κ3) is 1.23. The second kappa shape index (κ2) is 2.98. The van der Waals surface area contributed by atoms with Gasteiger partial charge in [0.15, 0.2) is 0 Å². The third-order valence-electron chi connectivity index (χ3n) is 1.41. The summed E-state index contributed by atoms with van der Waals surface area (Å²) >= 11 is 0. The van der Waals surface area contributed by atoms with Gasteiger partial charge in [-0.3, -0.25) is 10.1 Å². The summed E-state index contributed by atoms with van der Waals surface area (Å²) in [6.07, 6.45) is 2.82. The maximum absolute atomic E-state index is 10.3. The lowest BCUT2D eigenvalue weighted by atomic mass is 10.1. The van der Waals surface area contributed by atoms with Crippen LogP contribution in [0.2, 0.25) is 0 Å². The van der Waals surface area contributed by atoms with Gasteiger partial charge in [0.05, 0.1) is 11.3 Å². The molecule has 1 aliphatic rings. The Kier molecular flexibility index (Phi) is 2.02. The molecule has 0 aliphatic heterocycles. The van der Waals surface area contributed by atoms with Gasteiger partial charge in [-0.2, -0.15) is 4.79 Å². The molecule has 0 spiro atoms. The molecule has 0 unspecified atom stereocenters. The van der Waals surface area contributed by atoms with Gasteiger partial charge in [-0.05, 0) is 6.08 Å². The Labute approximate surface area is 67.2 Å². The summed E-state index contributed by atoms with van der Waals surface area (Å²) in [5.74, 6) is -0.487. The van der Waals surface area contributed by atoms with Gasteiger partial charge in [-0.15, -0.1) is 0 Å². The number of aliphatic hydroxyl groups excluding tert-OH is 1. The zero-order valence-corrected chi connectivity index (χ0v) is 5.97. The van der Waals surface area contributed by atoms with E-state index >= 15 is 0 Å². The number of hydrogen-bond donors (Lipinski definition) is 1. The van der Waals surface area contributed by atoms with Crippen LogP contribution in [-0.4, -0.2) is 20.5 Å². The molecule has 0 aromatic rings. The van der Waals surface area contributed by atoms with Gasteiger partial charge in [-0.25, -0.2) is 0 Å². The van der Waals surface area contributed by atoms with E-state index in [-0.39, 0.29) is 12.1 Å². The number of aliphatic hydroxyl groups is 1. The summed E-state index contributed by atoms with van der Waals surface area (Å²) in [6, 6.07) is 0. The van der Waals surface area contributed by atoms with Crippen molar-refractivity contribution in [3.05, 3.63) is 39.3 Å². The number of allylic oxidation sites excluding steroid dienone is 3. The zero-order chi connectivity index (χ0) is 9.14. The molecule has 0 radical (unpaired) electrons. The molecular weight excluding hydrogens is 162 g/mol. The van der Waals surface area contributed by atoms with Crippen LogP contribution in [0.5, 0.6) is 0 Å². The molecule has 1 aliphatic carbocycles. The predicted molar refractivity (Wildman–Crippen MR) is 39.0 cm³/mol. The highest BCUT2D eigenvalue weighted by molar-refractivity contribution is 5.96. The summed E-state index contributed by atoms with van der Waals surface area (Å²) in [6.45, 7) is 0. The Hall–Kier alpha value is -1.94. The summed E-state index contributed by atoms with van der Waals surface area (Å²) in [7, 11) is 0. The van der Waals surface area contributed by atoms with E-state index in [2.05, 4.69) is 4.79 Å². The lowest BCUT2D eigenvalue weighted by Gasteiger charge is -1.98. The normalized spacial score (nSPS) is 16.2. The molecule has 12 heavy (non-hydrogen) atoms. The minimum Gasteiger partial charge on any atom is -0.502 e. The first-order valence-corrected chi connectivity index (χ1v) is 3.12. The van der Waals surface area contributed by atoms with Crippen molar-refractivity contribution in [1.29, 1.82) is 0 Å². The summed E-state index contributed by atoms with van der Waals surface area (Å²) in [4.78, 5) is 12.2. The van der Waals surface area contributed by atoms with Crippen molar-refractivity contribution in [2.75, 3.05) is 0 Å². The molecule has 1 N–H and O–H groups in total. The van der Waals surface area contributed by atoms with Gasteiger partial charge < -0.3 is 10.6 Å². The minimum atomic E-state index is -0.784. The van der Waals surface area contributed by atoms with Crippen LogP contribution in [-0.2, 0) is 0 Å². The Bertz CT molecular complexity index is 336.